The third-order valence-corrected chi connectivity index (χ3v) is 4.97. The summed E-state index contributed by atoms with van der Waals surface area (Å²) in [5, 5.41) is 0. The van der Waals surface area contributed by atoms with Crippen molar-refractivity contribution < 1.29 is 18.9 Å². The highest BCUT2D eigenvalue weighted by molar-refractivity contribution is 6.18. The number of allylic oxidation sites excluding steroid dienone is 2. The molecule has 3 aliphatic rings. The summed E-state index contributed by atoms with van der Waals surface area (Å²) in [5.41, 5.74) is 0.835. The molecule has 0 radical (unpaired) electrons. The highest BCUT2D eigenvalue weighted by Crippen LogP contribution is 2.36. The van der Waals surface area contributed by atoms with Crippen LogP contribution in [0.25, 0.3) is 0 Å². The molecule has 2 unspecified atom stereocenters. The molecule has 0 N–H and O–H groups in total. The molecule has 2 atom stereocenters. The summed E-state index contributed by atoms with van der Waals surface area (Å²) in [7, 11) is 0. The lowest BCUT2D eigenvalue weighted by molar-refractivity contribution is -0.0669. The van der Waals surface area contributed by atoms with Gasteiger partial charge in [0.15, 0.2) is 11.5 Å². The van der Waals surface area contributed by atoms with Crippen LogP contribution in [-0.2, 0) is 18.9 Å². The first-order valence-electron chi connectivity index (χ1n) is 9.17. The van der Waals surface area contributed by atoms with Gasteiger partial charge in [-0.25, -0.2) is 0 Å². The van der Waals surface area contributed by atoms with Crippen molar-refractivity contribution in [3.8, 4) is 0 Å². The van der Waals surface area contributed by atoms with Gasteiger partial charge in [-0.05, 0) is 6.42 Å². The fourth-order valence-electron chi connectivity index (χ4n) is 3.30. The van der Waals surface area contributed by atoms with Crippen LogP contribution in [0.5, 0.6) is 0 Å². The maximum atomic E-state index is 6.18. The molecule has 6 nitrogen and oxygen atoms in total. The lowest BCUT2D eigenvalue weighted by atomic mass is 9.92. The Morgan fingerprint density at radius 2 is 2.15 bits per heavy atom. The van der Waals surface area contributed by atoms with E-state index in [0.717, 1.165) is 50.7 Å². The maximum absolute atomic E-state index is 6.18. The summed E-state index contributed by atoms with van der Waals surface area (Å²) < 4.78 is 23.2. The largest absolute Gasteiger partial charge is 0.490 e. The van der Waals surface area contributed by atoms with Crippen LogP contribution in [0.1, 0.15) is 6.42 Å². The number of morpholine rings is 1. The van der Waals surface area contributed by atoms with Crippen LogP contribution in [0.3, 0.4) is 0 Å². The summed E-state index contributed by atoms with van der Waals surface area (Å²) in [6, 6.07) is 0. The lowest BCUT2D eigenvalue weighted by Gasteiger charge is -2.35. The van der Waals surface area contributed by atoms with Gasteiger partial charge in [0.25, 0.3) is 0 Å². The fourth-order valence-corrected chi connectivity index (χ4v) is 3.62. The number of alkyl halides is 1. The molecule has 144 valence electrons. The van der Waals surface area contributed by atoms with Crippen molar-refractivity contribution in [3.63, 3.8) is 0 Å². The summed E-state index contributed by atoms with van der Waals surface area (Å²) in [5.74, 6) is 1.80. The first-order chi connectivity index (χ1) is 12.8. The Hall–Kier alpha value is -1.34. The Labute approximate surface area is 160 Å². The van der Waals surface area contributed by atoms with E-state index in [1.54, 1.807) is 12.3 Å². The van der Waals surface area contributed by atoms with Gasteiger partial charge in [0.1, 0.15) is 12.7 Å². The van der Waals surface area contributed by atoms with Gasteiger partial charge in [0.05, 0.1) is 32.1 Å². The minimum absolute atomic E-state index is 0.0520. The van der Waals surface area contributed by atoms with E-state index in [0.29, 0.717) is 31.5 Å². The van der Waals surface area contributed by atoms with E-state index in [1.165, 1.54) is 0 Å². The SMILES string of the molecule is C=CC=NC1=CC(OCCCN2CCOCC2)=C2OCCOC2C1CCl. The molecule has 0 aromatic rings. The standard InChI is InChI=1S/C19H27ClN2O4/c1-2-4-21-16-13-17(19-18(15(16)14-20)25-11-12-26-19)24-8-3-5-22-6-9-23-10-7-22/h2,4,13,15,18H,1,3,5-12,14H2. The smallest absolute Gasteiger partial charge is 0.167 e. The van der Waals surface area contributed by atoms with E-state index in [9.17, 15) is 0 Å². The molecule has 7 heteroatoms. The van der Waals surface area contributed by atoms with Crippen molar-refractivity contribution >= 4 is 17.8 Å². The second-order valence-corrected chi connectivity index (χ2v) is 6.68. The van der Waals surface area contributed by atoms with Crippen LogP contribution < -0.4 is 0 Å². The van der Waals surface area contributed by atoms with Crippen LogP contribution in [0.4, 0.5) is 0 Å². The van der Waals surface area contributed by atoms with E-state index in [-0.39, 0.29) is 12.0 Å². The number of rotatable bonds is 8. The molecule has 2 fully saturated rings. The molecule has 2 saturated heterocycles. The molecular weight excluding hydrogens is 356 g/mol. The van der Waals surface area contributed by atoms with Crippen molar-refractivity contribution in [1.29, 1.82) is 0 Å². The first-order valence-corrected chi connectivity index (χ1v) is 9.71. The zero-order valence-electron chi connectivity index (χ0n) is 15.1. The highest BCUT2D eigenvalue weighted by Gasteiger charge is 2.38. The highest BCUT2D eigenvalue weighted by atomic mass is 35.5. The average Bonchev–Trinajstić information content (AvgIpc) is 2.70. The molecule has 0 bridgehead atoms. The van der Waals surface area contributed by atoms with Gasteiger partial charge >= 0.3 is 0 Å². The molecule has 3 rings (SSSR count). The van der Waals surface area contributed by atoms with Gasteiger partial charge in [0.2, 0.25) is 0 Å². The predicted octanol–water partition coefficient (Wildman–Crippen LogP) is 2.36. The number of nitrogens with zero attached hydrogens (tertiary/aromatic N) is 2. The number of fused-ring (bicyclic) bond motifs is 1. The summed E-state index contributed by atoms with van der Waals surface area (Å²) >= 11 is 6.18. The molecule has 0 spiro atoms. The molecular formula is C19H27ClN2O4. The van der Waals surface area contributed by atoms with Crippen molar-refractivity contribution in [2.24, 2.45) is 10.9 Å². The Kier molecular flexibility index (Phi) is 7.55. The van der Waals surface area contributed by atoms with Crippen LogP contribution in [0.15, 0.2) is 40.9 Å². The van der Waals surface area contributed by atoms with Gasteiger partial charge < -0.3 is 18.9 Å². The van der Waals surface area contributed by atoms with Crippen LogP contribution in [0, 0.1) is 5.92 Å². The molecule has 0 aromatic carbocycles. The molecule has 0 aromatic heterocycles. The molecule has 2 aliphatic heterocycles. The third kappa shape index (κ3) is 4.88. The normalized spacial score (nSPS) is 27.0. The third-order valence-electron chi connectivity index (χ3n) is 4.64. The molecule has 1 aliphatic carbocycles. The van der Waals surface area contributed by atoms with Crippen LogP contribution in [-0.4, -0.2) is 75.8 Å². The monoisotopic (exact) mass is 382 g/mol. The minimum atomic E-state index is -0.238. The predicted molar refractivity (Wildman–Crippen MR) is 102 cm³/mol. The second kappa shape index (κ2) is 10.1. The van der Waals surface area contributed by atoms with Gasteiger partial charge in [-0.1, -0.05) is 12.7 Å². The zero-order chi connectivity index (χ0) is 18.2. The molecule has 0 saturated carbocycles. The van der Waals surface area contributed by atoms with Gasteiger partial charge in [-0.15, -0.1) is 11.6 Å². The number of hydrogen-bond acceptors (Lipinski definition) is 6. The summed E-state index contributed by atoms with van der Waals surface area (Å²) in [6.07, 6.45) is 5.93. The van der Waals surface area contributed by atoms with Crippen molar-refractivity contribution in [2.45, 2.75) is 12.5 Å². The van der Waals surface area contributed by atoms with Crippen molar-refractivity contribution in [3.05, 3.63) is 35.9 Å². The Bertz CT molecular complexity index is 570. The Balaban J connectivity index is 1.64. The van der Waals surface area contributed by atoms with Gasteiger partial charge in [-0.3, -0.25) is 9.89 Å². The van der Waals surface area contributed by atoms with Gasteiger partial charge in [0, 0.05) is 43.7 Å². The number of ether oxygens (including phenoxy) is 4. The Morgan fingerprint density at radius 3 is 2.92 bits per heavy atom. The molecule has 0 amide bonds. The first kappa shape index (κ1) is 19.4. The van der Waals surface area contributed by atoms with Gasteiger partial charge in [-0.2, -0.15) is 0 Å². The number of halogens is 1. The quantitative estimate of drug-likeness (QED) is 0.366. The average molecular weight is 383 g/mol. The molecule has 2 heterocycles. The topological polar surface area (TPSA) is 52.5 Å². The van der Waals surface area contributed by atoms with Crippen molar-refractivity contribution in [2.75, 3.05) is 58.5 Å². The van der Waals surface area contributed by atoms with Crippen LogP contribution in [0.2, 0.25) is 0 Å². The lowest BCUT2D eigenvalue weighted by Crippen LogP contribution is -2.38. The number of aliphatic imine (C=N–C) groups is 1. The van der Waals surface area contributed by atoms with E-state index in [1.807, 2.05) is 6.08 Å². The van der Waals surface area contributed by atoms with E-state index in [2.05, 4.69) is 16.5 Å². The summed E-state index contributed by atoms with van der Waals surface area (Å²) in [6.45, 7) is 9.99. The molecule has 26 heavy (non-hydrogen) atoms. The van der Waals surface area contributed by atoms with Crippen molar-refractivity contribution in [1.82, 2.24) is 4.90 Å². The summed E-state index contributed by atoms with van der Waals surface area (Å²) in [4.78, 5) is 6.86. The Morgan fingerprint density at radius 1 is 1.31 bits per heavy atom. The van der Waals surface area contributed by atoms with E-state index < -0.39 is 0 Å². The zero-order valence-corrected chi connectivity index (χ0v) is 15.8. The maximum Gasteiger partial charge on any atom is 0.167 e. The fraction of sp³-hybridized carbons (Fsp3) is 0.632. The minimum Gasteiger partial charge on any atom is -0.490 e. The number of hydrogen-bond donors (Lipinski definition) is 0. The van der Waals surface area contributed by atoms with Crippen LogP contribution >= 0.6 is 11.6 Å². The van der Waals surface area contributed by atoms with E-state index in [4.69, 9.17) is 30.5 Å². The van der Waals surface area contributed by atoms with E-state index >= 15 is 0 Å². The second-order valence-electron chi connectivity index (χ2n) is 6.37.